The first-order valence-corrected chi connectivity index (χ1v) is 9.53. The van der Waals surface area contributed by atoms with Crippen LogP contribution in [0, 0.1) is 0 Å². The van der Waals surface area contributed by atoms with Gasteiger partial charge in [-0.3, -0.25) is 4.99 Å². The molecule has 0 spiro atoms. The molecule has 2 N–H and O–H groups in total. The van der Waals surface area contributed by atoms with E-state index >= 15 is 0 Å². The molecule has 0 atom stereocenters. The highest BCUT2D eigenvalue weighted by molar-refractivity contribution is 5.80. The van der Waals surface area contributed by atoms with Gasteiger partial charge in [-0.05, 0) is 39.8 Å². The van der Waals surface area contributed by atoms with Crippen molar-refractivity contribution < 1.29 is 9.47 Å². The molecule has 2 aliphatic heterocycles. The number of piperidine rings is 1. The molecule has 0 aromatic rings. The van der Waals surface area contributed by atoms with E-state index < -0.39 is 0 Å². The lowest BCUT2D eigenvalue weighted by molar-refractivity contribution is -0.00504. The molecule has 0 amide bonds. The van der Waals surface area contributed by atoms with E-state index in [2.05, 4.69) is 39.5 Å². The lowest BCUT2D eigenvalue weighted by Crippen LogP contribution is -2.58. The van der Waals surface area contributed by atoms with E-state index in [0.717, 1.165) is 77.6 Å². The number of aliphatic imine (C=N–C) groups is 1. The highest BCUT2D eigenvalue weighted by Gasteiger charge is 2.35. The fourth-order valence-corrected chi connectivity index (χ4v) is 3.69. The smallest absolute Gasteiger partial charge is 0.191 e. The molecule has 2 fully saturated rings. The van der Waals surface area contributed by atoms with E-state index in [9.17, 15) is 0 Å². The minimum atomic E-state index is 0.152. The van der Waals surface area contributed by atoms with E-state index in [1.807, 2.05) is 7.05 Å². The summed E-state index contributed by atoms with van der Waals surface area (Å²) in [7, 11) is 7.95. The van der Waals surface area contributed by atoms with Gasteiger partial charge in [-0.15, -0.1) is 0 Å². The number of ether oxygens (including phenoxy) is 2. The molecule has 25 heavy (non-hydrogen) atoms. The second-order valence-electron chi connectivity index (χ2n) is 7.41. The normalized spacial score (nSPS) is 23.0. The van der Waals surface area contributed by atoms with Gasteiger partial charge < -0.3 is 29.9 Å². The van der Waals surface area contributed by atoms with Gasteiger partial charge in [0.15, 0.2) is 5.96 Å². The van der Waals surface area contributed by atoms with E-state index in [0.29, 0.717) is 6.04 Å². The summed E-state index contributed by atoms with van der Waals surface area (Å²) in [5.74, 6) is 0.919. The topological polar surface area (TPSA) is 61.4 Å². The molecule has 0 bridgehead atoms. The van der Waals surface area contributed by atoms with Crippen LogP contribution in [0.1, 0.15) is 25.7 Å². The number of hydrogen-bond donors (Lipinski definition) is 2. The van der Waals surface area contributed by atoms with Gasteiger partial charge in [0.05, 0.1) is 6.61 Å². The molecule has 2 aliphatic rings. The van der Waals surface area contributed by atoms with Crippen molar-refractivity contribution in [3.63, 3.8) is 0 Å². The fraction of sp³-hybridized carbons (Fsp3) is 0.944. The summed E-state index contributed by atoms with van der Waals surface area (Å²) in [5, 5.41) is 7.17. The van der Waals surface area contributed by atoms with Crippen molar-refractivity contribution in [2.75, 3.05) is 74.3 Å². The van der Waals surface area contributed by atoms with Crippen LogP contribution in [0.4, 0.5) is 0 Å². The number of guanidine groups is 1. The van der Waals surface area contributed by atoms with Crippen LogP contribution in [-0.2, 0) is 9.47 Å². The molecule has 7 heteroatoms. The Morgan fingerprint density at radius 3 is 2.52 bits per heavy atom. The standard InChI is InChI=1S/C18H37N5O2/c1-19-17(20-15-18(22(2)3)7-12-25-13-8-18)21-16-5-9-23(10-6-16)11-14-24-4/h16H,5-15H2,1-4H3,(H2,19,20,21). The lowest BCUT2D eigenvalue weighted by atomic mass is 9.88. The van der Waals surface area contributed by atoms with Gasteiger partial charge >= 0.3 is 0 Å². The number of likely N-dealkylation sites (N-methyl/N-ethyl adjacent to an activating group) is 1. The Morgan fingerprint density at radius 2 is 1.96 bits per heavy atom. The Labute approximate surface area is 153 Å². The van der Waals surface area contributed by atoms with Crippen LogP contribution in [0.3, 0.4) is 0 Å². The predicted octanol–water partition coefficient (Wildman–Crippen LogP) is 0.373. The lowest BCUT2D eigenvalue weighted by Gasteiger charge is -2.43. The van der Waals surface area contributed by atoms with Crippen LogP contribution in [-0.4, -0.2) is 102 Å². The zero-order chi connectivity index (χ0) is 18.1. The van der Waals surface area contributed by atoms with Crippen molar-refractivity contribution >= 4 is 5.96 Å². The minimum absolute atomic E-state index is 0.152. The van der Waals surface area contributed by atoms with E-state index in [-0.39, 0.29) is 5.54 Å². The van der Waals surface area contributed by atoms with Crippen molar-refractivity contribution in [1.29, 1.82) is 0 Å². The highest BCUT2D eigenvalue weighted by Crippen LogP contribution is 2.25. The maximum Gasteiger partial charge on any atom is 0.191 e. The van der Waals surface area contributed by atoms with Gasteiger partial charge in [0.25, 0.3) is 0 Å². The second kappa shape index (κ2) is 10.3. The van der Waals surface area contributed by atoms with E-state index in [4.69, 9.17) is 9.47 Å². The van der Waals surface area contributed by atoms with Crippen molar-refractivity contribution in [1.82, 2.24) is 20.4 Å². The van der Waals surface area contributed by atoms with Gasteiger partial charge in [0, 0.05) is 65.1 Å². The monoisotopic (exact) mass is 355 g/mol. The second-order valence-corrected chi connectivity index (χ2v) is 7.41. The molecule has 2 saturated heterocycles. The third-order valence-corrected chi connectivity index (χ3v) is 5.72. The Morgan fingerprint density at radius 1 is 1.28 bits per heavy atom. The van der Waals surface area contributed by atoms with Gasteiger partial charge in [0.1, 0.15) is 0 Å². The molecule has 146 valence electrons. The zero-order valence-electron chi connectivity index (χ0n) is 16.5. The fourth-order valence-electron chi connectivity index (χ4n) is 3.69. The first-order valence-electron chi connectivity index (χ1n) is 9.53. The average Bonchev–Trinajstić information content (AvgIpc) is 2.65. The first kappa shape index (κ1) is 20.4. The largest absolute Gasteiger partial charge is 0.383 e. The summed E-state index contributed by atoms with van der Waals surface area (Å²) < 4.78 is 10.7. The van der Waals surface area contributed by atoms with Gasteiger partial charge in [-0.25, -0.2) is 0 Å². The predicted molar refractivity (Wildman–Crippen MR) is 102 cm³/mol. The molecule has 0 aliphatic carbocycles. The summed E-state index contributed by atoms with van der Waals surface area (Å²) in [5.41, 5.74) is 0.152. The van der Waals surface area contributed by atoms with Crippen LogP contribution < -0.4 is 10.6 Å². The van der Waals surface area contributed by atoms with Crippen molar-refractivity contribution in [3.05, 3.63) is 0 Å². The molecule has 0 aromatic heterocycles. The van der Waals surface area contributed by atoms with Crippen LogP contribution in [0.15, 0.2) is 4.99 Å². The van der Waals surface area contributed by atoms with Crippen LogP contribution in [0.5, 0.6) is 0 Å². The maximum absolute atomic E-state index is 5.55. The zero-order valence-corrected chi connectivity index (χ0v) is 16.5. The number of hydrogen-bond acceptors (Lipinski definition) is 5. The molecule has 0 aromatic carbocycles. The van der Waals surface area contributed by atoms with Crippen LogP contribution >= 0.6 is 0 Å². The van der Waals surface area contributed by atoms with Gasteiger partial charge in [-0.1, -0.05) is 0 Å². The third kappa shape index (κ3) is 6.09. The van der Waals surface area contributed by atoms with Crippen LogP contribution in [0.25, 0.3) is 0 Å². The molecule has 0 unspecified atom stereocenters. The molecular weight excluding hydrogens is 318 g/mol. The van der Waals surface area contributed by atoms with Gasteiger partial charge in [-0.2, -0.15) is 0 Å². The number of rotatable bonds is 7. The quantitative estimate of drug-likeness (QED) is 0.508. The first-order chi connectivity index (χ1) is 12.1. The Balaban J connectivity index is 1.77. The Bertz CT molecular complexity index is 402. The highest BCUT2D eigenvalue weighted by atomic mass is 16.5. The number of likely N-dealkylation sites (tertiary alicyclic amines) is 1. The molecular formula is C18H37N5O2. The van der Waals surface area contributed by atoms with Crippen molar-refractivity contribution in [2.45, 2.75) is 37.3 Å². The summed E-state index contributed by atoms with van der Waals surface area (Å²) >= 11 is 0. The number of nitrogens with one attached hydrogen (secondary N) is 2. The molecule has 2 rings (SSSR count). The number of nitrogens with zero attached hydrogens (tertiary/aromatic N) is 3. The maximum atomic E-state index is 5.55. The Hall–Kier alpha value is -0.890. The number of methoxy groups -OCH3 is 1. The van der Waals surface area contributed by atoms with Crippen molar-refractivity contribution in [2.24, 2.45) is 4.99 Å². The molecule has 0 radical (unpaired) electrons. The van der Waals surface area contributed by atoms with E-state index in [1.54, 1.807) is 7.11 Å². The summed E-state index contributed by atoms with van der Waals surface area (Å²) in [6.07, 6.45) is 4.41. The van der Waals surface area contributed by atoms with Crippen molar-refractivity contribution in [3.8, 4) is 0 Å². The van der Waals surface area contributed by atoms with Gasteiger partial charge in [0.2, 0.25) is 0 Å². The average molecular weight is 356 g/mol. The van der Waals surface area contributed by atoms with Crippen LogP contribution in [0.2, 0.25) is 0 Å². The summed E-state index contributed by atoms with van der Waals surface area (Å²) in [6.45, 7) is 6.67. The molecule has 7 nitrogen and oxygen atoms in total. The van der Waals surface area contributed by atoms with E-state index in [1.165, 1.54) is 0 Å². The molecule has 2 heterocycles. The summed E-state index contributed by atoms with van der Waals surface area (Å²) in [6, 6.07) is 0.495. The summed E-state index contributed by atoms with van der Waals surface area (Å²) in [4.78, 5) is 9.25. The SMILES string of the molecule is CN=C(NCC1(N(C)C)CCOCC1)NC1CCN(CCOC)CC1. The molecule has 0 saturated carbocycles. The third-order valence-electron chi connectivity index (χ3n) is 5.72. The Kier molecular flexibility index (Phi) is 8.42. The minimum Gasteiger partial charge on any atom is -0.383 e.